The number of aromatic carboxylic acids is 1. The van der Waals surface area contributed by atoms with E-state index in [2.05, 4.69) is 5.16 Å². The van der Waals surface area contributed by atoms with E-state index in [0.717, 1.165) is 11.3 Å². The zero-order chi connectivity index (χ0) is 10.8. The summed E-state index contributed by atoms with van der Waals surface area (Å²) in [6, 6.07) is 1.30. The van der Waals surface area contributed by atoms with Gasteiger partial charge in [-0.15, -0.1) is 0 Å². The van der Waals surface area contributed by atoms with E-state index in [4.69, 9.17) is 9.63 Å². The predicted molar refractivity (Wildman–Crippen MR) is 51.1 cm³/mol. The molecule has 0 radical (unpaired) electrons. The Morgan fingerprint density at radius 3 is 3.00 bits per heavy atom. The fourth-order valence-electron chi connectivity index (χ4n) is 1.06. The van der Waals surface area contributed by atoms with E-state index < -0.39 is 5.97 Å². The van der Waals surface area contributed by atoms with E-state index in [9.17, 15) is 9.59 Å². The Hall–Kier alpha value is -1.89. The molecule has 0 bridgehead atoms. The summed E-state index contributed by atoms with van der Waals surface area (Å²) in [4.78, 5) is 21.5. The van der Waals surface area contributed by atoms with Gasteiger partial charge >= 0.3 is 10.8 Å². The van der Waals surface area contributed by atoms with Gasteiger partial charge in [-0.05, 0) is 0 Å². The summed E-state index contributed by atoms with van der Waals surface area (Å²) in [5.41, 5.74) is -0.159. The second kappa shape index (κ2) is 3.70. The van der Waals surface area contributed by atoms with Crippen LogP contribution in [0, 0.1) is 0 Å². The van der Waals surface area contributed by atoms with Crippen molar-refractivity contribution in [2.75, 3.05) is 0 Å². The quantitative estimate of drug-likeness (QED) is 0.830. The van der Waals surface area contributed by atoms with Crippen molar-refractivity contribution in [3.8, 4) is 0 Å². The first-order chi connectivity index (χ1) is 7.16. The Labute approximate surface area is 87.4 Å². The van der Waals surface area contributed by atoms with Crippen LogP contribution in [0.1, 0.15) is 16.2 Å². The number of thiazole rings is 1. The van der Waals surface area contributed by atoms with Gasteiger partial charge in [-0.3, -0.25) is 9.36 Å². The maximum Gasteiger partial charge on any atom is 0.358 e. The molecule has 2 aromatic heterocycles. The van der Waals surface area contributed by atoms with E-state index in [0.29, 0.717) is 5.76 Å². The minimum Gasteiger partial charge on any atom is -0.476 e. The molecule has 0 fully saturated rings. The SMILES string of the molecule is O=C(O)c1cc(Cn2ccsc2=O)on1. The van der Waals surface area contributed by atoms with Gasteiger partial charge in [0, 0.05) is 17.6 Å². The van der Waals surface area contributed by atoms with Crippen LogP contribution in [-0.2, 0) is 6.54 Å². The first-order valence-electron chi connectivity index (χ1n) is 3.99. The molecule has 78 valence electrons. The maximum absolute atomic E-state index is 11.2. The van der Waals surface area contributed by atoms with Gasteiger partial charge < -0.3 is 9.63 Å². The van der Waals surface area contributed by atoms with Gasteiger partial charge in [-0.2, -0.15) is 0 Å². The van der Waals surface area contributed by atoms with Gasteiger partial charge in [-0.1, -0.05) is 16.5 Å². The predicted octanol–water partition coefficient (Wildman–Crippen LogP) is 0.644. The minimum atomic E-state index is -1.15. The number of hydrogen-bond acceptors (Lipinski definition) is 5. The van der Waals surface area contributed by atoms with Gasteiger partial charge in [-0.25, -0.2) is 4.79 Å². The second-order valence-electron chi connectivity index (χ2n) is 2.78. The molecule has 0 aliphatic heterocycles. The monoisotopic (exact) mass is 226 g/mol. The highest BCUT2D eigenvalue weighted by Gasteiger charge is 2.11. The Morgan fingerprint density at radius 1 is 1.67 bits per heavy atom. The topological polar surface area (TPSA) is 85.3 Å². The highest BCUT2D eigenvalue weighted by molar-refractivity contribution is 7.07. The molecule has 0 aromatic carbocycles. The molecule has 0 unspecified atom stereocenters. The lowest BCUT2D eigenvalue weighted by Gasteiger charge is -1.93. The number of carboxylic acid groups (broad SMARTS) is 1. The van der Waals surface area contributed by atoms with Crippen molar-refractivity contribution in [2.24, 2.45) is 0 Å². The van der Waals surface area contributed by atoms with Crippen molar-refractivity contribution in [3.05, 3.63) is 38.8 Å². The number of nitrogens with zero attached hydrogens (tertiary/aromatic N) is 2. The molecule has 0 saturated heterocycles. The van der Waals surface area contributed by atoms with E-state index in [1.54, 1.807) is 11.6 Å². The van der Waals surface area contributed by atoms with Crippen LogP contribution in [0.15, 0.2) is 27.0 Å². The van der Waals surface area contributed by atoms with E-state index in [1.807, 2.05) is 0 Å². The van der Waals surface area contributed by atoms with Crippen molar-refractivity contribution >= 4 is 17.3 Å². The molecular weight excluding hydrogens is 220 g/mol. The summed E-state index contributed by atoms with van der Waals surface area (Å²) in [6.45, 7) is 0.197. The largest absolute Gasteiger partial charge is 0.476 e. The molecule has 2 aromatic rings. The maximum atomic E-state index is 11.2. The zero-order valence-electron chi connectivity index (χ0n) is 7.41. The molecule has 15 heavy (non-hydrogen) atoms. The molecule has 2 rings (SSSR count). The molecule has 0 aliphatic rings. The van der Waals surface area contributed by atoms with Gasteiger partial charge in [0.2, 0.25) is 0 Å². The lowest BCUT2D eigenvalue weighted by Crippen LogP contribution is -2.11. The Morgan fingerprint density at radius 2 is 2.47 bits per heavy atom. The normalized spacial score (nSPS) is 10.4. The summed E-state index contributed by atoms with van der Waals surface area (Å²) in [5.74, 6) is -0.810. The third-order valence-electron chi connectivity index (χ3n) is 1.75. The molecule has 2 heterocycles. The van der Waals surface area contributed by atoms with Gasteiger partial charge in [0.15, 0.2) is 11.5 Å². The standard InChI is InChI=1S/C8H6N2O4S/c11-7(12)6-3-5(14-9-6)4-10-1-2-15-8(10)13/h1-3H,4H2,(H,11,12). The fourth-order valence-corrected chi connectivity index (χ4v) is 1.65. The van der Waals surface area contributed by atoms with Crippen LogP contribution in [0.2, 0.25) is 0 Å². The van der Waals surface area contributed by atoms with Crippen LogP contribution < -0.4 is 4.87 Å². The molecular formula is C8H6N2O4S. The summed E-state index contributed by atoms with van der Waals surface area (Å²) >= 11 is 1.07. The van der Waals surface area contributed by atoms with Gasteiger partial charge in [0.1, 0.15) is 0 Å². The first kappa shape index (κ1) is 9.66. The van der Waals surface area contributed by atoms with Crippen LogP contribution in [0.3, 0.4) is 0 Å². The summed E-state index contributed by atoms with van der Waals surface area (Å²) in [7, 11) is 0. The number of carboxylic acids is 1. The van der Waals surface area contributed by atoms with Gasteiger partial charge in [0.25, 0.3) is 0 Å². The molecule has 0 atom stereocenters. The first-order valence-corrected chi connectivity index (χ1v) is 4.87. The Bertz CT molecular complexity index is 539. The number of rotatable bonds is 3. The number of hydrogen-bond donors (Lipinski definition) is 1. The smallest absolute Gasteiger partial charge is 0.358 e. The summed E-state index contributed by atoms with van der Waals surface area (Å²) in [5, 5.41) is 13.6. The van der Waals surface area contributed by atoms with Crippen molar-refractivity contribution < 1.29 is 14.4 Å². The van der Waals surface area contributed by atoms with E-state index >= 15 is 0 Å². The average molecular weight is 226 g/mol. The van der Waals surface area contributed by atoms with Crippen LogP contribution in [-0.4, -0.2) is 20.8 Å². The second-order valence-corrected chi connectivity index (χ2v) is 3.64. The average Bonchev–Trinajstić information content (AvgIpc) is 2.77. The molecule has 0 spiro atoms. The third kappa shape index (κ3) is 1.96. The van der Waals surface area contributed by atoms with E-state index in [1.165, 1.54) is 10.6 Å². The van der Waals surface area contributed by atoms with Crippen molar-refractivity contribution in [3.63, 3.8) is 0 Å². The number of carbonyl (C=O) groups is 1. The highest BCUT2D eigenvalue weighted by atomic mass is 32.1. The van der Waals surface area contributed by atoms with Crippen LogP contribution in [0.5, 0.6) is 0 Å². The molecule has 6 nitrogen and oxygen atoms in total. The third-order valence-corrected chi connectivity index (χ3v) is 2.44. The Kier molecular flexibility index (Phi) is 2.38. The van der Waals surface area contributed by atoms with Crippen LogP contribution >= 0.6 is 11.3 Å². The Balaban J connectivity index is 2.22. The van der Waals surface area contributed by atoms with Gasteiger partial charge in [0.05, 0.1) is 6.54 Å². The summed E-state index contributed by atoms with van der Waals surface area (Å²) < 4.78 is 6.18. The lowest BCUT2D eigenvalue weighted by molar-refractivity contribution is 0.0685. The molecule has 0 amide bonds. The molecule has 1 N–H and O–H groups in total. The van der Waals surface area contributed by atoms with Crippen molar-refractivity contribution in [1.29, 1.82) is 0 Å². The lowest BCUT2D eigenvalue weighted by atomic mass is 10.3. The molecule has 7 heteroatoms. The number of aromatic nitrogens is 2. The zero-order valence-corrected chi connectivity index (χ0v) is 8.23. The minimum absolute atomic E-state index is 0.122. The van der Waals surface area contributed by atoms with Crippen LogP contribution in [0.25, 0.3) is 0 Å². The highest BCUT2D eigenvalue weighted by Crippen LogP contribution is 2.05. The molecule has 0 saturated carbocycles. The summed E-state index contributed by atoms with van der Waals surface area (Å²) in [6.07, 6.45) is 1.61. The fraction of sp³-hybridized carbons (Fsp3) is 0.125. The van der Waals surface area contributed by atoms with E-state index in [-0.39, 0.29) is 17.1 Å². The van der Waals surface area contributed by atoms with Crippen molar-refractivity contribution in [1.82, 2.24) is 9.72 Å². The van der Waals surface area contributed by atoms with Crippen molar-refractivity contribution in [2.45, 2.75) is 6.54 Å². The van der Waals surface area contributed by atoms with Crippen LogP contribution in [0.4, 0.5) is 0 Å². The molecule has 0 aliphatic carbocycles.